The molecule has 0 aromatic carbocycles. The van der Waals surface area contributed by atoms with Crippen molar-refractivity contribution in [2.45, 2.75) is 93.1 Å². The lowest BCUT2D eigenvalue weighted by Gasteiger charge is -2.48. The average Bonchev–Trinajstić information content (AvgIpc) is 2.77. The number of hydrogen-bond acceptors (Lipinski definition) is 2. The maximum atomic E-state index is 13.5. The van der Waals surface area contributed by atoms with Crippen molar-refractivity contribution >= 4 is 5.97 Å². The lowest BCUT2D eigenvalue weighted by molar-refractivity contribution is -0.191. The van der Waals surface area contributed by atoms with Gasteiger partial charge in [-0.3, -0.25) is 4.79 Å². The van der Waals surface area contributed by atoms with E-state index in [0.29, 0.717) is 11.8 Å². The van der Waals surface area contributed by atoms with Crippen LogP contribution in [0.2, 0.25) is 0 Å². The number of carbonyl (C=O) groups excluding carboxylic acids is 1. The van der Waals surface area contributed by atoms with E-state index in [-0.39, 0.29) is 22.4 Å². The van der Waals surface area contributed by atoms with Crippen molar-refractivity contribution in [2.75, 3.05) is 0 Å². The lowest BCUT2D eigenvalue weighted by Crippen LogP contribution is -2.51. The van der Waals surface area contributed by atoms with Crippen LogP contribution in [0.1, 0.15) is 87.5 Å². The Morgan fingerprint density at radius 2 is 1.62 bits per heavy atom. The van der Waals surface area contributed by atoms with Gasteiger partial charge in [0.1, 0.15) is 5.60 Å². The number of hydrogen-bond donors (Lipinski definition) is 0. The van der Waals surface area contributed by atoms with E-state index < -0.39 is 5.41 Å². The van der Waals surface area contributed by atoms with E-state index in [1.807, 2.05) is 0 Å². The highest BCUT2D eigenvalue weighted by atomic mass is 16.6. The Hall–Kier alpha value is -0.530. The minimum absolute atomic E-state index is 0.0448. The van der Waals surface area contributed by atoms with Crippen LogP contribution in [-0.2, 0) is 9.53 Å². The topological polar surface area (TPSA) is 26.3 Å². The Morgan fingerprint density at radius 1 is 1.00 bits per heavy atom. The smallest absolute Gasteiger partial charge is 0.312 e. The van der Waals surface area contributed by atoms with Crippen LogP contribution in [0.4, 0.5) is 0 Å². The standard InChI is InChI=1S/C22H38O2/c1-19(2,3)13-21(7,20(4,5)6)18(23)24-22(8)16-10-14-9-15(12-16)17(22)11-14/h14-17H,9-13H2,1-8H3/t14?,15?,16?,17?,21?,22-/m0/s1. The Labute approximate surface area is 149 Å². The first-order chi connectivity index (χ1) is 10.8. The van der Waals surface area contributed by atoms with Gasteiger partial charge in [0, 0.05) is 5.92 Å². The first-order valence-electron chi connectivity index (χ1n) is 10.00. The SMILES string of the molecule is CC(C)(C)CC(C)(C(=O)O[C@@]1(C)C2CC3CC(C2)C1C3)C(C)(C)C. The molecule has 4 aliphatic rings. The summed E-state index contributed by atoms with van der Waals surface area (Å²) in [5.74, 6) is 2.99. The minimum Gasteiger partial charge on any atom is -0.458 e. The molecule has 138 valence electrons. The van der Waals surface area contributed by atoms with E-state index in [2.05, 4.69) is 55.4 Å². The van der Waals surface area contributed by atoms with Crippen molar-refractivity contribution in [3.05, 3.63) is 0 Å². The van der Waals surface area contributed by atoms with E-state index in [1.165, 1.54) is 25.7 Å². The molecule has 6 atom stereocenters. The normalized spacial score (nSPS) is 40.7. The second kappa shape index (κ2) is 5.24. The molecule has 4 aliphatic carbocycles. The molecule has 2 heteroatoms. The van der Waals surface area contributed by atoms with Gasteiger partial charge in [0.25, 0.3) is 0 Å². The third-order valence-electron chi connectivity index (χ3n) is 7.85. The van der Waals surface area contributed by atoms with Gasteiger partial charge in [-0.05, 0) is 74.5 Å². The van der Waals surface area contributed by atoms with Crippen LogP contribution in [-0.4, -0.2) is 11.6 Å². The summed E-state index contributed by atoms with van der Waals surface area (Å²) in [7, 11) is 0. The highest BCUT2D eigenvalue weighted by Gasteiger charge is 2.63. The van der Waals surface area contributed by atoms with E-state index in [0.717, 1.165) is 18.3 Å². The summed E-state index contributed by atoms with van der Waals surface area (Å²) < 4.78 is 6.46. The number of ether oxygens (including phenoxy) is 1. The molecule has 0 spiro atoms. The zero-order valence-electron chi connectivity index (χ0n) is 17.2. The molecular formula is C22H38O2. The van der Waals surface area contributed by atoms with E-state index in [9.17, 15) is 4.79 Å². The maximum Gasteiger partial charge on any atom is 0.312 e. The van der Waals surface area contributed by atoms with Crippen molar-refractivity contribution in [3.8, 4) is 0 Å². The van der Waals surface area contributed by atoms with Crippen LogP contribution in [0.5, 0.6) is 0 Å². The van der Waals surface area contributed by atoms with Crippen molar-refractivity contribution in [2.24, 2.45) is 39.9 Å². The first kappa shape index (κ1) is 18.3. The quantitative estimate of drug-likeness (QED) is 0.606. The highest BCUT2D eigenvalue weighted by molar-refractivity contribution is 5.78. The van der Waals surface area contributed by atoms with E-state index >= 15 is 0 Å². The molecule has 4 fully saturated rings. The van der Waals surface area contributed by atoms with Crippen molar-refractivity contribution < 1.29 is 9.53 Å². The van der Waals surface area contributed by atoms with Gasteiger partial charge in [-0.2, -0.15) is 0 Å². The Balaban J connectivity index is 1.84. The van der Waals surface area contributed by atoms with Gasteiger partial charge >= 0.3 is 5.97 Å². The van der Waals surface area contributed by atoms with Gasteiger partial charge in [0.05, 0.1) is 5.41 Å². The summed E-state index contributed by atoms with van der Waals surface area (Å²) in [4.78, 5) is 13.5. The highest BCUT2D eigenvalue weighted by Crippen LogP contribution is 2.64. The van der Waals surface area contributed by atoms with Crippen LogP contribution >= 0.6 is 0 Å². The Kier molecular flexibility index (Phi) is 3.99. The number of rotatable bonds is 3. The fourth-order valence-corrected chi connectivity index (χ4v) is 6.21. The van der Waals surface area contributed by atoms with Gasteiger partial charge in [-0.1, -0.05) is 41.5 Å². The predicted molar refractivity (Wildman–Crippen MR) is 98.6 cm³/mol. The fraction of sp³-hybridized carbons (Fsp3) is 0.955. The predicted octanol–water partition coefficient (Wildman–Crippen LogP) is 5.84. The largest absolute Gasteiger partial charge is 0.458 e. The molecule has 0 aliphatic heterocycles. The summed E-state index contributed by atoms with van der Waals surface area (Å²) in [5, 5.41) is 0. The van der Waals surface area contributed by atoms with Crippen molar-refractivity contribution in [1.82, 2.24) is 0 Å². The van der Waals surface area contributed by atoms with Gasteiger partial charge in [-0.15, -0.1) is 0 Å². The molecule has 0 radical (unpaired) electrons. The summed E-state index contributed by atoms with van der Waals surface area (Å²) in [5.41, 5.74) is -0.661. The second-order valence-corrected chi connectivity index (χ2v) is 11.8. The molecule has 2 nitrogen and oxygen atoms in total. The molecule has 0 amide bonds. The monoisotopic (exact) mass is 334 g/mol. The molecule has 0 saturated heterocycles. The first-order valence-corrected chi connectivity index (χ1v) is 10.00. The van der Waals surface area contributed by atoms with Crippen molar-refractivity contribution in [3.63, 3.8) is 0 Å². The van der Waals surface area contributed by atoms with Crippen molar-refractivity contribution in [1.29, 1.82) is 0 Å². The molecule has 0 aromatic rings. The molecule has 4 bridgehead atoms. The van der Waals surface area contributed by atoms with E-state index in [1.54, 1.807) is 0 Å². The molecule has 4 rings (SSSR count). The molecule has 4 saturated carbocycles. The van der Waals surface area contributed by atoms with Crippen LogP contribution in [0.15, 0.2) is 0 Å². The van der Waals surface area contributed by atoms with Crippen LogP contribution < -0.4 is 0 Å². The summed E-state index contributed by atoms with van der Waals surface area (Å²) in [6, 6.07) is 0. The van der Waals surface area contributed by atoms with Gasteiger partial charge in [-0.25, -0.2) is 0 Å². The number of carbonyl (C=O) groups is 1. The van der Waals surface area contributed by atoms with Crippen LogP contribution in [0.25, 0.3) is 0 Å². The van der Waals surface area contributed by atoms with Gasteiger partial charge < -0.3 is 4.74 Å². The minimum atomic E-state index is -0.450. The molecular weight excluding hydrogens is 296 g/mol. The van der Waals surface area contributed by atoms with Crippen LogP contribution in [0.3, 0.4) is 0 Å². The van der Waals surface area contributed by atoms with Crippen LogP contribution in [0, 0.1) is 39.9 Å². The molecule has 0 heterocycles. The summed E-state index contributed by atoms with van der Waals surface area (Å²) in [6.45, 7) is 17.6. The zero-order valence-corrected chi connectivity index (χ0v) is 17.2. The Bertz CT molecular complexity index is 519. The third kappa shape index (κ3) is 2.72. The molecule has 0 aromatic heterocycles. The average molecular weight is 335 g/mol. The molecule has 24 heavy (non-hydrogen) atoms. The molecule has 5 unspecified atom stereocenters. The van der Waals surface area contributed by atoms with Gasteiger partial charge in [0.15, 0.2) is 0 Å². The maximum absolute atomic E-state index is 13.5. The summed E-state index contributed by atoms with van der Waals surface area (Å²) >= 11 is 0. The third-order valence-corrected chi connectivity index (χ3v) is 7.85. The Morgan fingerprint density at radius 3 is 2.12 bits per heavy atom. The van der Waals surface area contributed by atoms with Gasteiger partial charge in [0.2, 0.25) is 0 Å². The number of esters is 1. The molecule has 0 N–H and O–H groups in total. The summed E-state index contributed by atoms with van der Waals surface area (Å²) in [6.07, 6.45) is 6.10. The zero-order chi connectivity index (χ0) is 18.1. The lowest BCUT2D eigenvalue weighted by atomic mass is 9.61. The van der Waals surface area contributed by atoms with E-state index in [4.69, 9.17) is 4.74 Å². The fourth-order valence-electron chi connectivity index (χ4n) is 6.21. The second-order valence-electron chi connectivity index (χ2n) is 11.8.